The van der Waals surface area contributed by atoms with Gasteiger partial charge in [-0.05, 0) is 13.8 Å². The Labute approximate surface area is 62.0 Å². The molecule has 60 valence electrons. The molecule has 10 heavy (non-hydrogen) atoms. The number of piperazine rings is 1. The maximum Gasteiger partial charge on any atom is 0.112 e. The van der Waals surface area contributed by atoms with Gasteiger partial charge in [0.05, 0.1) is 0 Å². The Kier molecular flexibility index (Phi) is 2.28. The van der Waals surface area contributed by atoms with Gasteiger partial charge >= 0.3 is 0 Å². The molecule has 0 aliphatic carbocycles. The summed E-state index contributed by atoms with van der Waals surface area (Å²) in [5.74, 6) is 0. The summed E-state index contributed by atoms with van der Waals surface area (Å²) in [6, 6.07) is 0. The topological polar surface area (TPSA) is 35.5 Å². The maximum atomic E-state index is 9.54. The number of aliphatic hydroxyl groups is 1. The van der Waals surface area contributed by atoms with Crippen LogP contribution in [-0.2, 0) is 0 Å². The molecule has 1 rings (SSSR count). The van der Waals surface area contributed by atoms with Gasteiger partial charge in [-0.1, -0.05) is 0 Å². The highest BCUT2D eigenvalue weighted by molar-refractivity contribution is 4.74. The smallest absolute Gasteiger partial charge is 0.112 e. The average molecular weight is 144 g/mol. The van der Waals surface area contributed by atoms with Gasteiger partial charge in [0.15, 0.2) is 0 Å². The molecule has 0 spiro atoms. The fourth-order valence-electron chi connectivity index (χ4n) is 1.21. The second-order valence-electron chi connectivity index (χ2n) is 3.23. The monoisotopic (exact) mass is 144 g/mol. The van der Waals surface area contributed by atoms with E-state index in [1.807, 2.05) is 13.8 Å². The van der Waals surface area contributed by atoms with E-state index in [2.05, 4.69) is 10.2 Å². The maximum absolute atomic E-state index is 9.54. The first-order valence-corrected chi connectivity index (χ1v) is 3.79. The van der Waals surface area contributed by atoms with Crippen LogP contribution in [0.5, 0.6) is 0 Å². The van der Waals surface area contributed by atoms with Crippen LogP contribution in [0.15, 0.2) is 0 Å². The van der Waals surface area contributed by atoms with E-state index in [-0.39, 0.29) is 0 Å². The molecule has 0 aromatic carbocycles. The Morgan fingerprint density at radius 3 is 2.10 bits per heavy atom. The molecule has 0 amide bonds. The fraction of sp³-hybridized carbons (Fsp3) is 1.00. The third kappa shape index (κ3) is 1.94. The van der Waals surface area contributed by atoms with Crippen LogP contribution in [0.2, 0.25) is 0 Å². The highest BCUT2D eigenvalue weighted by Gasteiger charge is 2.23. The van der Waals surface area contributed by atoms with Gasteiger partial charge in [0, 0.05) is 26.2 Å². The van der Waals surface area contributed by atoms with Gasteiger partial charge in [0.1, 0.15) is 5.72 Å². The quantitative estimate of drug-likeness (QED) is 0.526. The third-order valence-electron chi connectivity index (χ3n) is 1.89. The molecule has 1 aliphatic rings. The third-order valence-corrected chi connectivity index (χ3v) is 1.89. The SMILES string of the molecule is CC(C)(O)N1CCNCC1. The van der Waals surface area contributed by atoms with Crippen LogP contribution in [0.4, 0.5) is 0 Å². The van der Waals surface area contributed by atoms with E-state index in [0.29, 0.717) is 0 Å². The molecule has 0 aromatic rings. The van der Waals surface area contributed by atoms with Crippen LogP contribution in [0, 0.1) is 0 Å². The molecular weight excluding hydrogens is 128 g/mol. The number of hydrogen-bond donors (Lipinski definition) is 2. The van der Waals surface area contributed by atoms with Crippen molar-refractivity contribution in [1.82, 2.24) is 10.2 Å². The van der Waals surface area contributed by atoms with Crippen molar-refractivity contribution < 1.29 is 5.11 Å². The Bertz CT molecular complexity index is 103. The van der Waals surface area contributed by atoms with Crippen LogP contribution in [0.1, 0.15) is 13.8 Å². The van der Waals surface area contributed by atoms with Gasteiger partial charge in [-0.15, -0.1) is 0 Å². The Hall–Kier alpha value is -0.120. The Morgan fingerprint density at radius 2 is 1.80 bits per heavy atom. The van der Waals surface area contributed by atoms with E-state index in [4.69, 9.17) is 0 Å². The standard InChI is InChI=1S/C7H16N2O/c1-7(2,10)9-5-3-8-4-6-9/h8,10H,3-6H2,1-2H3. The van der Waals surface area contributed by atoms with E-state index >= 15 is 0 Å². The van der Waals surface area contributed by atoms with Gasteiger partial charge < -0.3 is 10.4 Å². The molecule has 3 nitrogen and oxygen atoms in total. The van der Waals surface area contributed by atoms with E-state index in [9.17, 15) is 5.11 Å². The van der Waals surface area contributed by atoms with Crippen molar-refractivity contribution in [3.05, 3.63) is 0 Å². The molecule has 0 bridgehead atoms. The number of rotatable bonds is 1. The second-order valence-corrected chi connectivity index (χ2v) is 3.23. The average Bonchev–Trinajstić information content (AvgIpc) is 1.88. The molecule has 0 atom stereocenters. The molecule has 1 aliphatic heterocycles. The Morgan fingerprint density at radius 1 is 1.30 bits per heavy atom. The van der Waals surface area contributed by atoms with Crippen molar-refractivity contribution >= 4 is 0 Å². The minimum Gasteiger partial charge on any atom is -0.376 e. The molecule has 3 heteroatoms. The first kappa shape index (κ1) is 7.98. The summed E-state index contributed by atoms with van der Waals surface area (Å²) in [6.45, 7) is 7.54. The summed E-state index contributed by atoms with van der Waals surface area (Å²) in [6.07, 6.45) is 0. The van der Waals surface area contributed by atoms with Gasteiger partial charge in [0.2, 0.25) is 0 Å². The lowest BCUT2D eigenvalue weighted by atomic mass is 10.2. The van der Waals surface area contributed by atoms with Crippen molar-refractivity contribution in [2.75, 3.05) is 26.2 Å². The zero-order chi connectivity index (χ0) is 7.61. The number of nitrogens with one attached hydrogen (secondary N) is 1. The summed E-state index contributed by atoms with van der Waals surface area (Å²) in [4.78, 5) is 2.07. The predicted molar refractivity (Wildman–Crippen MR) is 40.7 cm³/mol. The summed E-state index contributed by atoms with van der Waals surface area (Å²) in [7, 11) is 0. The summed E-state index contributed by atoms with van der Waals surface area (Å²) >= 11 is 0. The lowest BCUT2D eigenvalue weighted by molar-refractivity contribution is -0.0828. The van der Waals surface area contributed by atoms with Crippen LogP contribution in [0.3, 0.4) is 0 Å². The molecule has 0 unspecified atom stereocenters. The van der Waals surface area contributed by atoms with E-state index in [1.165, 1.54) is 0 Å². The fourth-order valence-corrected chi connectivity index (χ4v) is 1.21. The number of hydrogen-bond acceptors (Lipinski definition) is 3. The molecular formula is C7H16N2O. The molecule has 1 saturated heterocycles. The molecule has 1 heterocycles. The molecule has 2 N–H and O–H groups in total. The Balaban J connectivity index is 2.39. The van der Waals surface area contributed by atoms with E-state index < -0.39 is 5.72 Å². The lowest BCUT2D eigenvalue weighted by Crippen LogP contribution is -2.53. The van der Waals surface area contributed by atoms with Gasteiger partial charge in [0.25, 0.3) is 0 Å². The summed E-state index contributed by atoms with van der Waals surface area (Å²) < 4.78 is 0. The predicted octanol–water partition coefficient (Wildman–Crippen LogP) is -0.380. The van der Waals surface area contributed by atoms with Crippen molar-refractivity contribution in [3.8, 4) is 0 Å². The van der Waals surface area contributed by atoms with Crippen molar-refractivity contribution in [2.45, 2.75) is 19.6 Å². The van der Waals surface area contributed by atoms with Gasteiger partial charge in [-0.3, -0.25) is 4.90 Å². The number of nitrogens with zero attached hydrogens (tertiary/aromatic N) is 1. The second kappa shape index (κ2) is 2.86. The van der Waals surface area contributed by atoms with Crippen molar-refractivity contribution in [2.24, 2.45) is 0 Å². The van der Waals surface area contributed by atoms with E-state index in [0.717, 1.165) is 26.2 Å². The van der Waals surface area contributed by atoms with Crippen LogP contribution < -0.4 is 5.32 Å². The van der Waals surface area contributed by atoms with Crippen LogP contribution in [-0.4, -0.2) is 41.9 Å². The van der Waals surface area contributed by atoms with Crippen molar-refractivity contribution in [3.63, 3.8) is 0 Å². The summed E-state index contributed by atoms with van der Waals surface area (Å²) in [5.41, 5.74) is -0.637. The minimum atomic E-state index is -0.637. The molecule has 0 radical (unpaired) electrons. The lowest BCUT2D eigenvalue weighted by Gasteiger charge is -2.36. The molecule has 1 fully saturated rings. The zero-order valence-electron chi connectivity index (χ0n) is 6.72. The molecule has 0 aromatic heterocycles. The van der Waals surface area contributed by atoms with Gasteiger partial charge in [-0.2, -0.15) is 0 Å². The largest absolute Gasteiger partial charge is 0.376 e. The van der Waals surface area contributed by atoms with Crippen LogP contribution in [0.25, 0.3) is 0 Å². The highest BCUT2D eigenvalue weighted by Crippen LogP contribution is 2.09. The first-order chi connectivity index (χ1) is 4.61. The summed E-state index contributed by atoms with van der Waals surface area (Å²) in [5, 5.41) is 12.8. The normalized spacial score (nSPS) is 23.1. The van der Waals surface area contributed by atoms with Crippen molar-refractivity contribution in [1.29, 1.82) is 0 Å². The van der Waals surface area contributed by atoms with E-state index in [1.54, 1.807) is 0 Å². The highest BCUT2D eigenvalue weighted by atomic mass is 16.3. The first-order valence-electron chi connectivity index (χ1n) is 3.79. The molecule has 0 saturated carbocycles. The minimum absolute atomic E-state index is 0.637. The zero-order valence-corrected chi connectivity index (χ0v) is 6.72. The van der Waals surface area contributed by atoms with Crippen LogP contribution >= 0.6 is 0 Å². The van der Waals surface area contributed by atoms with Gasteiger partial charge in [-0.25, -0.2) is 0 Å².